The molecular weight excluding hydrogens is 324 g/mol. The van der Waals surface area contributed by atoms with Gasteiger partial charge in [0.05, 0.1) is 5.56 Å². The molecular formula is C11H11F6NO2S. The van der Waals surface area contributed by atoms with Crippen LogP contribution in [-0.4, -0.2) is 20.6 Å². The van der Waals surface area contributed by atoms with Crippen molar-refractivity contribution in [3.05, 3.63) is 29.6 Å². The van der Waals surface area contributed by atoms with E-state index in [0.29, 0.717) is 12.1 Å². The average molecular weight is 335 g/mol. The highest BCUT2D eigenvalue weighted by atomic mass is 32.2. The van der Waals surface area contributed by atoms with Gasteiger partial charge in [0.25, 0.3) is 6.43 Å². The van der Waals surface area contributed by atoms with Crippen LogP contribution in [0.3, 0.4) is 0 Å². The zero-order chi connectivity index (χ0) is 16.4. The monoisotopic (exact) mass is 335 g/mol. The van der Waals surface area contributed by atoms with Crippen molar-refractivity contribution in [3.8, 4) is 0 Å². The Kier molecular flexibility index (Phi) is 5.26. The third kappa shape index (κ3) is 4.10. The number of hydrogen-bond acceptors (Lipinski definition) is 2. The molecule has 1 rings (SSSR count). The largest absolute Gasteiger partial charge is 0.404 e. The highest BCUT2D eigenvalue weighted by Gasteiger charge is 2.41. The molecule has 0 radical (unpaired) electrons. The lowest BCUT2D eigenvalue weighted by Crippen LogP contribution is -2.45. The van der Waals surface area contributed by atoms with E-state index >= 15 is 0 Å². The molecule has 0 saturated carbocycles. The maximum Gasteiger partial charge on any atom is 0.404 e. The molecule has 0 aromatic heterocycles. The van der Waals surface area contributed by atoms with E-state index in [1.54, 1.807) is 0 Å². The van der Waals surface area contributed by atoms with Crippen molar-refractivity contribution in [2.45, 2.75) is 36.9 Å². The van der Waals surface area contributed by atoms with E-state index in [1.165, 1.54) is 4.72 Å². The van der Waals surface area contributed by atoms with E-state index in [2.05, 4.69) is 0 Å². The molecule has 0 bridgehead atoms. The van der Waals surface area contributed by atoms with Crippen molar-refractivity contribution in [2.24, 2.45) is 0 Å². The molecule has 21 heavy (non-hydrogen) atoms. The van der Waals surface area contributed by atoms with Crippen LogP contribution in [0.4, 0.5) is 26.3 Å². The Bertz CT molecular complexity index is 599. The van der Waals surface area contributed by atoms with Crippen LogP contribution in [0, 0.1) is 5.82 Å². The van der Waals surface area contributed by atoms with E-state index < -0.39 is 51.4 Å². The lowest BCUT2D eigenvalue weighted by atomic mass is 10.2. The van der Waals surface area contributed by atoms with Crippen LogP contribution in [-0.2, 0) is 10.0 Å². The molecule has 0 aliphatic heterocycles. The van der Waals surface area contributed by atoms with Crippen molar-refractivity contribution in [3.63, 3.8) is 0 Å². The maximum atomic E-state index is 13.7. The lowest BCUT2D eigenvalue weighted by molar-refractivity contribution is -0.151. The number of benzene rings is 1. The van der Waals surface area contributed by atoms with E-state index in [-0.39, 0.29) is 0 Å². The quantitative estimate of drug-likeness (QED) is 0.839. The van der Waals surface area contributed by atoms with Crippen LogP contribution < -0.4 is 4.72 Å². The number of alkyl halides is 5. The smallest absolute Gasteiger partial charge is 0.207 e. The molecule has 0 amide bonds. The highest BCUT2D eigenvalue weighted by molar-refractivity contribution is 7.89. The Labute approximate surface area is 117 Å². The third-order valence-corrected chi connectivity index (χ3v) is 4.11. The fourth-order valence-electron chi connectivity index (χ4n) is 1.54. The summed E-state index contributed by atoms with van der Waals surface area (Å²) in [5.41, 5.74) is -1.20. The van der Waals surface area contributed by atoms with Gasteiger partial charge in [-0.3, -0.25) is 0 Å². The molecule has 0 saturated heterocycles. The first-order chi connectivity index (χ1) is 9.50. The molecule has 1 N–H and O–H groups in total. The molecule has 120 valence electrons. The second-order valence-electron chi connectivity index (χ2n) is 4.08. The standard InChI is InChI=1S/C11H11F6NO2S/c1-2-8(11(15,16)17)18-21(19,20)7-5-3-4-6(9(7)12)10(13)14/h3-5,8,10,18H,2H2,1H3. The van der Waals surface area contributed by atoms with E-state index in [9.17, 15) is 34.8 Å². The minimum Gasteiger partial charge on any atom is -0.207 e. The minimum atomic E-state index is -4.92. The van der Waals surface area contributed by atoms with Gasteiger partial charge in [-0.2, -0.15) is 17.9 Å². The summed E-state index contributed by atoms with van der Waals surface area (Å²) in [6.45, 7) is 1.08. The van der Waals surface area contributed by atoms with E-state index in [1.807, 2.05) is 0 Å². The third-order valence-electron chi connectivity index (χ3n) is 2.62. The summed E-state index contributed by atoms with van der Waals surface area (Å²) >= 11 is 0. The molecule has 0 fully saturated rings. The van der Waals surface area contributed by atoms with Crippen LogP contribution in [0.1, 0.15) is 25.3 Å². The van der Waals surface area contributed by atoms with Crippen molar-refractivity contribution in [1.82, 2.24) is 4.72 Å². The Hall–Kier alpha value is -1.29. The van der Waals surface area contributed by atoms with Crippen molar-refractivity contribution >= 4 is 10.0 Å². The Morgan fingerprint density at radius 1 is 1.24 bits per heavy atom. The minimum absolute atomic E-state index is 0.618. The van der Waals surface area contributed by atoms with E-state index in [0.717, 1.165) is 13.0 Å². The van der Waals surface area contributed by atoms with Crippen LogP contribution in [0.15, 0.2) is 23.1 Å². The number of rotatable bonds is 5. The molecule has 1 aromatic carbocycles. The summed E-state index contributed by atoms with van der Waals surface area (Å²) in [7, 11) is -4.92. The zero-order valence-electron chi connectivity index (χ0n) is 10.6. The van der Waals surface area contributed by atoms with Gasteiger partial charge in [-0.25, -0.2) is 21.6 Å². The normalized spacial score (nSPS) is 14.5. The van der Waals surface area contributed by atoms with Crippen LogP contribution >= 0.6 is 0 Å². The molecule has 1 aromatic rings. The molecule has 1 atom stereocenters. The maximum absolute atomic E-state index is 13.7. The van der Waals surface area contributed by atoms with Crippen molar-refractivity contribution < 1.29 is 34.8 Å². The first kappa shape index (κ1) is 17.8. The lowest BCUT2D eigenvalue weighted by Gasteiger charge is -2.20. The number of halogens is 6. The number of sulfonamides is 1. The summed E-state index contributed by atoms with van der Waals surface area (Å²) in [4.78, 5) is -1.25. The molecule has 0 heterocycles. The fourth-order valence-corrected chi connectivity index (χ4v) is 2.95. The molecule has 0 aliphatic carbocycles. The van der Waals surface area contributed by atoms with Gasteiger partial charge < -0.3 is 0 Å². The van der Waals surface area contributed by atoms with Gasteiger partial charge in [-0.1, -0.05) is 19.1 Å². The molecule has 0 aliphatic rings. The number of hydrogen-bond donors (Lipinski definition) is 1. The fraction of sp³-hybridized carbons (Fsp3) is 0.455. The molecule has 10 heteroatoms. The predicted molar refractivity (Wildman–Crippen MR) is 61.8 cm³/mol. The van der Waals surface area contributed by atoms with Gasteiger partial charge in [0.2, 0.25) is 10.0 Å². The van der Waals surface area contributed by atoms with Gasteiger partial charge in [-0.15, -0.1) is 0 Å². The zero-order valence-corrected chi connectivity index (χ0v) is 11.4. The summed E-state index contributed by atoms with van der Waals surface area (Å²) in [5, 5.41) is 0. The van der Waals surface area contributed by atoms with Crippen molar-refractivity contribution in [2.75, 3.05) is 0 Å². The summed E-state index contributed by atoms with van der Waals surface area (Å²) in [6, 6.07) is -0.336. The Morgan fingerprint density at radius 3 is 2.24 bits per heavy atom. The van der Waals surface area contributed by atoms with Crippen LogP contribution in [0.25, 0.3) is 0 Å². The highest BCUT2D eigenvalue weighted by Crippen LogP contribution is 2.28. The van der Waals surface area contributed by atoms with Gasteiger partial charge in [0.1, 0.15) is 10.9 Å². The first-order valence-electron chi connectivity index (χ1n) is 5.66. The van der Waals surface area contributed by atoms with Crippen molar-refractivity contribution in [1.29, 1.82) is 0 Å². The summed E-state index contributed by atoms with van der Waals surface area (Å²) < 4.78 is 101. The summed E-state index contributed by atoms with van der Waals surface area (Å²) in [6.07, 6.45) is -8.79. The molecule has 3 nitrogen and oxygen atoms in total. The second kappa shape index (κ2) is 6.22. The molecule has 1 unspecified atom stereocenters. The van der Waals surface area contributed by atoms with Crippen LogP contribution in [0.5, 0.6) is 0 Å². The predicted octanol–water partition coefficient (Wildman–Crippen LogP) is 3.38. The van der Waals surface area contributed by atoms with Crippen LogP contribution in [0.2, 0.25) is 0 Å². The van der Waals surface area contributed by atoms with Gasteiger partial charge in [0.15, 0.2) is 5.82 Å². The Balaban J connectivity index is 3.23. The van der Waals surface area contributed by atoms with Gasteiger partial charge in [-0.05, 0) is 12.5 Å². The Morgan fingerprint density at radius 2 is 1.81 bits per heavy atom. The van der Waals surface area contributed by atoms with E-state index in [4.69, 9.17) is 0 Å². The SMILES string of the molecule is CCC(NS(=O)(=O)c1cccc(C(F)F)c1F)C(F)(F)F. The molecule has 0 spiro atoms. The number of nitrogens with one attached hydrogen (secondary N) is 1. The average Bonchev–Trinajstić information content (AvgIpc) is 2.34. The second-order valence-corrected chi connectivity index (χ2v) is 5.77. The summed E-state index contributed by atoms with van der Waals surface area (Å²) in [5.74, 6) is -1.77. The van der Waals surface area contributed by atoms with Gasteiger partial charge in [0, 0.05) is 0 Å². The first-order valence-corrected chi connectivity index (χ1v) is 7.14. The van der Waals surface area contributed by atoms with Gasteiger partial charge >= 0.3 is 6.18 Å². The topological polar surface area (TPSA) is 46.2 Å².